The molecule has 3 rings (SSSR count). The first-order chi connectivity index (χ1) is 8.75. The predicted octanol–water partition coefficient (Wildman–Crippen LogP) is 2.98. The quantitative estimate of drug-likeness (QED) is 0.924. The minimum atomic E-state index is -0.0973. The number of hydrogen-bond donors (Lipinski definition) is 1. The highest BCUT2D eigenvalue weighted by Gasteiger charge is 2.25. The summed E-state index contributed by atoms with van der Waals surface area (Å²) in [5.74, 6) is 0.317. The van der Waals surface area contributed by atoms with E-state index in [2.05, 4.69) is 10.3 Å². The van der Waals surface area contributed by atoms with E-state index in [-0.39, 0.29) is 5.56 Å². The molecule has 0 amide bonds. The fourth-order valence-corrected chi connectivity index (χ4v) is 2.02. The number of halogens is 1. The van der Waals surface area contributed by atoms with Crippen molar-refractivity contribution in [3.05, 3.63) is 52.0 Å². The third kappa shape index (κ3) is 2.11. The van der Waals surface area contributed by atoms with Crippen LogP contribution in [0.5, 0.6) is 0 Å². The van der Waals surface area contributed by atoms with E-state index in [1.54, 1.807) is 23.0 Å². The maximum atomic E-state index is 12.2. The van der Waals surface area contributed by atoms with Gasteiger partial charge in [0.1, 0.15) is 0 Å². The van der Waals surface area contributed by atoms with Crippen LogP contribution >= 0.6 is 11.6 Å². The number of aromatic nitrogens is 2. The van der Waals surface area contributed by atoms with Gasteiger partial charge >= 0.3 is 0 Å². The van der Waals surface area contributed by atoms with Gasteiger partial charge in [-0.05, 0) is 25.0 Å². The van der Waals surface area contributed by atoms with Crippen molar-refractivity contribution in [3.8, 4) is 0 Å². The fraction of sp³-hybridized carbons (Fsp3) is 0.231. The molecule has 0 bridgehead atoms. The summed E-state index contributed by atoms with van der Waals surface area (Å²) in [4.78, 5) is 16.2. The molecule has 0 atom stereocenters. The van der Waals surface area contributed by atoms with E-state index in [9.17, 15) is 4.79 Å². The number of para-hydroxylation sites is 1. The van der Waals surface area contributed by atoms with E-state index < -0.39 is 0 Å². The summed E-state index contributed by atoms with van der Waals surface area (Å²) in [6.45, 7) is 0. The van der Waals surface area contributed by atoms with Crippen molar-refractivity contribution in [1.29, 1.82) is 0 Å². The van der Waals surface area contributed by atoms with Crippen LogP contribution in [0.3, 0.4) is 0 Å². The first-order valence-electron chi connectivity index (χ1n) is 5.84. The summed E-state index contributed by atoms with van der Waals surface area (Å²) < 4.78 is 1.73. The van der Waals surface area contributed by atoms with Crippen LogP contribution in [0.15, 0.2) is 41.5 Å². The summed E-state index contributed by atoms with van der Waals surface area (Å²) in [5, 5.41) is 3.56. The molecule has 1 aliphatic carbocycles. The Balaban J connectivity index is 1.96. The first kappa shape index (κ1) is 11.3. The van der Waals surface area contributed by atoms with Gasteiger partial charge < -0.3 is 9.88 Å². The molecule has 1 aromatic heterocycles. The van der Waals surface area contributed by atoms with Gasteiger partial charge in [-0.3, -0.25) is 4.79 Å². The third-order valence-electron chi connectivity index (χ3n) is 2.94. The molecule has 1 N–H and O–H groups in total. The zero-order valence-electron chi connectivity index (χ0n) is 9.64. The number of rotatable bonds is 3. The molecule has 0 unspecified atom stereocenters. The van der Waals surface area contributed by atoms with Crippen molar-refractivity contribution < 1.29 is 0 Å². The Morgan fingerprint density at radius 1 is 1.33 bits per heavy atom. The predicted molar refractivity (Wildman–Crippen MR) is 71.5 cm³/mol. The summed E-state index contributed by atoms with van der Waals surface area (Å²) >= 11 is 6.04. The van der Waals surface area contributed by atoms with Gasteiger partial charge in [0.05, 0.1) is 10.7 Å². The molecule has 92 valence electrons. The summed E-state index contributed by atoms with van der Waals surface area (Å²) in [6, 6.07) is 7.63. The highest BCUT2D eigenvalue weighted by atomic mass is 35.5. The van der Waals surface area contributed by atoms with Gasteiger partial charge in [-0.15, -0.1) is 0 Å². The van der Waals surface area contributed by atoms with Gasteiger partial charge in [-0.1, -0.05) is 23.7 Å². The summed E-state index contributed by atoms with van der Waals surface area (Å²) in [6.07, 6.45) is 5.50. The number of hydrogen-bond acceptors (Lipinski definition) is 3. The lowest BCUT2D eigenvalue weighted by molar-refractivity contribution is 0.701. The standard InChI is InChI=1S/C13H12ClN3O/c14-10-3-1-2-4-11(10)16-12-13(18)17(8-7-15-12)9-5-6-9/h1-4,7-9H,5-6H2,(H,15,16). The Bertz CT molecular complexity index is 634. The first-order valence-corrected chi connectivity index (χ1v) is 6.22. The zero-order chi connectivity index (χ0) is 12.5. The Hall–Kier alpha value is -1.81. The van der Waals surface area contributed by atoms with Gasteiger partial charge in [0.15, 0.2) is 5.82 Å². The number of nitrogens with zero attached hydrogens (tertiary/aromatic N) is 2. The van der Waals surface area contributed by atoms with Gasteiger partial charge in [-0.2, -0.15) is 0 Å². The lowest BCUT2D eigenvalue weighted by Crippen LogP contribution is -2.22. The Labute approximate surface area is 109 Å². The maximum absolute atomic E-state index is 12.2. The molecule has 2 aromatic rings. The molecule has 0 radical (unpaired) electrons. The van der Waals surface area contributed by atoms with Gasteiger partial charge in [0.25, 0.3) is 5.56 Å². The monoisotopic (exact) mass is 261 g/mol. The molecule has 0 spiro atoms. The van der Waals surface area contributed by atoms with E-state index in [0.717, 1.165) is 12.8 Å². The van der Waals surface area contributed by atoms with Crippen LogP contribution in [0.25, 0.3) is 0 Å². The Morgan fingerprint density at radius 3 is 2.83 bits per heavy atom. The van der Waals surface area contributed by atoms with E-state index in [1.165, 1.54) is 0 Å². The van der Waals surface area contributed by atoms with Crippen molar-refractivity contribution in [2.45, 2.75) is 18.9 Å². The van der Waals surface area contributed by atoms with Crippen molar-refractivity contribution in [1.82, 2.24) is 9.55 Å². The highest BCUT2D eigenvalue weighted by Crippen LogP contribution is 2.33. The normalized spacial score (nSPS) is 14.5. The van der Waals surface area contributed by atoms with Crippen molar-refractivity contribution in [3.63, 3.8) is 0 Å². The largest absolute Gasteiger partial charge is 0.334 e. The van der Waals surface area contributed by atoms with Crippen LogP contribution < -0.4 is 10.9 Å². The smallest absolute Gasteiger partial charge is 0.293 e. The number of benzene rings is 1. The zero-order valence-corrected chi connectivity index (χ0v) is 10.4. The second-order valence-electron chi connectivity index (χ2n) is 4.32. The Morgan fingerprint density at radius 2 is 2.11 bits per heavy atom. The van der Waals surface area contributed by atoms with Crippen molar-refractivity contribution in [2.24, 2.45) is 0 Å². The molecule has 5 heteroatoms. The third-order valence-corrected chi connectivity index (χ3v) is 3.26. The fourth-order valence-electron chi connectivity index (χ4n) is 1.84. The van der Waals surface area contributed by atoms with Crippen LogP contribution in [0.1, 0.15) is 18.9 Å². The summed E-state index contributed by atoms with van der Waals surface area (Å²) in [5.41, 5.74) is 0.595. The van der Waals surface area contributed by atoms with Crippen LogP contribution in [0, 0.1) is 0 Å². The van der Waals surface area contributed by atoms with Gasteiger partial charge in [0.2, 0.25) is 0 Å². The highest BCUT2D eigenvalue weighted by molar-refractivity contribution is 6.33. The molecule has 1 fully saturated rings. The molecular formula is C13H12ClN3O. The second kappa shape index (κ2) is 4.46. The van der Waals surface area contributed by atoms with Crippen LogP contribution in [0.4, 0.5) is 11.5 Å². The van der Waals surface area contributed by atoms with E-state index in [4.69, 9.17) is 11.6 Å². The minimum Gasteiger partial charge on any atom is -0.334 e. The van der Waals surface area contributed by atoms with Crippen LogP contribution in [0.2, 0.25) is 5.02 Å². The molecule has 1 aliphatic rings. The average Bonchev–Trinajstić information content (AvgIpc) is 3.19. The molecular weight excluding hydrogens is 250 g/mol. The number of anilines is 2. The molecule has 1 saturated carbocycles. The van der Waals surface area contributed by atoms with E-state index >= 15 is 0 Å². The van der Waals surface area contributed by atoms with E-state index in [0.29, 0.717) is 22.6 Å². The SMILES string of the molecule is O=c1c(Nc2ccccc2Cl)nccn1C1CC1. The lowest BCUT2D eigenvalue weighted by atomic mass is 10.3. The Kier molecular flexibility index (Phi) is 2.80. The average molecular weight is 262 g/mol. The topological polar surface area (TPSA) is 46.9 Å². The van der Waals surface area contributed by atoms with Crippen LogP contribution in [-0.2, 0) is 0 Å². The number of nitrogens with one attached hydrogen (secondary N) is 1. The molecule has 0 aliphatic heterocycles. The van der Waals surface area contributed by atoms with Crippen LogP contribution in [-0.4, -0.2) is 9.55 Å². The molecule has 18 heavy (non-hydrogen) atoms. The maximum Gasteiger partial charge on any atom is 0.293 e. The van der Waals surface area contributed by atoms with Gasteiger partial charge in [0, 0.05) is 18.4 Å². The molecule has 4 nitrogen and oxygen atoms in total. The van der Waals surface area contributed by atoms with E-state index in [1.807, 2.05) is 18.2 Å². The second-order valence-corrected chi connectivity index (χ2v) is 4.73. The summed E-state index contributed by atoms with van der Waals surface area (Å²) in [7, 11) is 0. The van der Waals surface area contributed by atoms with Gasteiger partial charge in [-0.25, -0.2) is 4.98 Å². The van der Waals surface area contributed by atoms with Crippen molar-refractivity contribution in [2.75, 3.05) is 5.32 Å². The molecule has 1 aromatic carbocycles. The van der Waals surface area contributed by atoms with Crippen molar-refractivity contribution >= 4 is 23.1 Å². The molecule has 0 saturated heterocycles. The molecule has 1 heterocycles. The minimum absolute atomic E-state index is 0.0973. The lowest BCUT2D eigenvalue weighted by Gasteiger charge is -2.09.